The van der Waals surface area contributed by atoms with Gasteiger partial charge in [-0.3, -0.25) is 19.7 Å². The molecule has 0 aliphatic carbocycles. The normalized spacial score (nSPS) is 19.0. The quantitative estimate of drug-likeness (QED) is 0.753. The monoisotopic (exact) mass is 407 g/mol. The van der Waals surface area contributed by atoms with Crippen LogP contribution < -0.4 is 10.6 Å². The largest absolute Gasteiger partial charge is 0.366 e. The lowest BCUT2D eigenvalue weighted by Crippen LogP contribution is -2.52. The van der Waals surface area contributed by atoms with Crippen molar-refractivity contribution in [3.05, 3.63) is 53.0 Å². The second kappa shape index (κ2) is 7.51. The minimum atomic E-state index is -0.596. The SMILES string of the molecule is CC(C)(C)c1nccc(NCc2ccc3c(c2)C(=O)N(C2CCC(=O)NC2=O)C3)n1. The van der Waals surface area contributed by atoms with Gasteiger partial charge in [0.25, 0.3) is 5.91 Å². The van der Waals surface area contributed by atoms with Gasteiger partial charge in [-0.1, -0.05) is 32.9 Å². The number of rotatable bonds is 4. The average molecular weight is 407 g/mol. The Balaban J connectivity index is 1.46. The molecule has 2 N–H and O–H groups in total. The van der Waals surface area contributed by atoms with Gasteiger partial charge in [0.15, 0.2) is 0 Å². The number of hydrogen-bond acceptors (Lipinski definition) is 6. The third-order valence-electron chi connectivity index (χ3n) is 5.39. The molecule has 4 rings (SSSR count). The van der Waals surface area contributed by atoms with Crippen LogP contribution in [0.1, 0.15) is 60.9 Å². The minimum Gasteiger partial charge on any atom is -0.366 e. The number of hydrogen-bond donors (Lipinski definition) is 2. The fourth-order valence-corrected chi connectivity index (χ4v) is 3.72. The number of carbonyl (C=O) groups excluding carboxylic acids is 3. The number of anilines is 1. The number of imide groups is 1. The predicted octanol–water partition coefficient (Wildman–Crippen LogP) is 2.15. The van der Waals surface area contributed by atoms with Crippen LogP contribution >= 0.6 is 0 Å². The fourth-order valence-electron chi connectivity index (χ4n) is 3.72. The number of carbonyl (C=O) groups is 3. The molecule has 0 saturated carbocycles. The van der Waals surface area contributed by atoms with Gasteiger partial charge in [-0.2, -0.15) is 0 Å². The zero-order chi connectivity index (χ0) is 21.5. The van der Waals surface area contributed by atoms with Crippen molar-refractivity contribution in [3.63, 3.8) is 0 Å². The summed E-state index contributed by atoms with van der Waals surface area (Å²) in [6.45, 7) is 7.08. The second-order valence-electron chi connectivity index (χ2n) is 8.76. The highest BCUT2D eigenvalue weighted by atomic mass is 16.2. The van der Waals surface area contributed by atoms with Gasteiger partial charge in [-0.15, -0.1) is 0 Å². The van der Waals surface area contributed by atoms with Crippen molar-refractivity contribution in [2.24, 2.45) is 0 Å². The smallest absolute Gasteiger partial charge is 0.255 e. The molecule has 2 aliphatic heterocycles. The van der Waals surface area contributed by atoms with E-state index in [9.17, 15) is 14.4 Å². The van der Waals surface area contributed by atoms with Gasteiger partial charge in [0, 0.05) is 36.7 Å². The first-order valence-corrected chi connectivity index (χ1v) is 10.1. The van der Waals surface area contributed by atoms with Crippen molar-refractivity contribution < 1.29 is 14.4 Å². The zero-order valence-corrected chi connectivity index (χ0v) is 17.4. The van der Waals surface area contributed by atoms with E-state index in [0.717, 1.165) is 22.8 Å². The van der Waals surface area contributed by atoms with E-state index >= 15 is 0 Å². The summed E-state index contributed by atoms with van der Waals surface area (Å²) in [5.74, 6) is 0.641. The van der Waals surface area contributed by atoms with Crippen LogP contribution in [0.15, 0.2) is 30.5 Å². The highest BCUT2D eigenvalue weighted by molar-refractivity contribution is 6.05. The molecule has 1 aromatic heterocycles. The third-order valence-corrected chi connectivity index (χ3v) is 5.39. The number of benzene rings is 1. The summed E-state index contributed by atoms with van der Waals surface area (Å²) in [4.78, 5) is 46.9. The third kappa shape index (κ3) is 3.90. The summed E-state index contributed by atoms with van der Waals surface area (Å²) in [6, 6.07) is 6.98. The second-order valence-corrected chi connectivity index (χ2v) is 8.76. The molecule has 3 heterocycles. The van der Waals surface area contributed by atoms with Crippen molar-refractivity contribution in [1.82, 2.24) is 20.2 Å². The molecule has 3 amide bonds. The molecule has 1 saturated heterocycles. The molecule has 1 aromatic carbocycles. The van der Waals surface area contributed by atoms with Crippen molar-refractivity contribution in [1.29, 1.82) is 0 Å². The van der Waals surface area contributed by atoms with Crippen LogP contribution in [0.2, 0.25) is 0 Å². The first-order chi connectivity index (χ1) is 14.2. The molecule has 0 spiro atoms. The van der Waals surface area contributed by atoms with E-state index < -0.39 is 11.9 Å². The van der Waals surface area contributed by atoms with Gasteiger partial charge in [-0.25, -0.2) is 9.97 Å². The van der Waals surface area contributed by atoms with Crippen LogP contribution in [0.4, 0.5) is 5.82 Å². The summed E-state index contributed by atoms with van der Waals surface area (Å²) in [5.41, 5.74) is 2.31. The van der Waals surface area contributed by atoms with Gasteiger partial charge < -0.3 is 10.2 Å². The van der Waals surface area contributed by atoms with Gasteiger partial charge in [-0.05, 0) is 29.7 Å². The lowest BCUT2D eigenvalue weighted by atomic mass is 9.96. The highest BCUT2D eigenvalue weighted by Crippen LogP contribution is 2.28. The van der Waals surface area contributed by atoms with E-state index in [-0.39, 0.29) is 23.7 Å². The lowest BCUT2D eigenvalue weighted by molar-refractivity contribution is -0.136. The van der Waals surface area contributed by atoms with Crippen LogP contribution in [0.3, 0.4) is 0 Å². The molecule has 1 atom stereocenters. The minimum absolute atomic E-state index is 0.142. The number of nitrogens with one attached hydrogen (secondary N) is 2. The summed E-state index contributed by atoms with van der Waals surface area (Å²) in [6.07, 6.45) is 2.35. The van der Waals surface area contributed by atoms with Crippen LogP contribution in [-0.4, -0.2) is 38.6 Å². The standard InChI is InChI=1S/C22H25N5O3/c1-22(2,3)21-23-9-8-17(25-21)24-11-13-4-5-14-12-27(20(30)15(14)10-13)16-6-7-18(28)26-19(16)29/h4-5,8-10,16H,6-7,11-12H2,1-3H3,(H,23,24,25)(H,26,28,29). The van der Waals surface area contributed by atoms with Crippen molar-refractivity contribution in [3.8, 4) is 0 Å². The Morgan fingerprint density at radius 2 is 2.00 bits per heavy atom. The molecule has 30 heavy (non-hydrogen) atoms. The summed E-state index contributed by atoms with van der Waals surface area (Å²) in [5, 5.41) is 5.61. The molecule has 2 aromatic rings. The molecule has 156 valence electrons. The molecule has 0 radical (unpaired) electrons. The van der Waals surface area contributed by atoms with Gasteiger partial charge in [0.2, 0.25) is 11.8 Å². The van der Waals surface area contributed by atoms with Gasteiger partial charge in [0.05, 0.1) is 0 Å². The Bertz CT molecular complexity index is 1030. The lowest BCUT2D eigenvalue weighted by Gasteiger charge is -2.29. The van der Waals surface area contributed by atoms with Gasteiger partial charge in [0.1, 0.15) is 17.7 Å². The van der Waals surface area contributed by atoms with Crippen LogP contribution in [0, 0.1) is 0 Å². The molecule has 2 aliphatic rings. The van der Waals surface area contributed by atoms with Crippen molar-refractivity contribution in [2.75, 3.05) is 5.32 Å². The van der Waals surface area contributed by atoms with Gasteiger partial charge >= 0.3 is 0 Å². The molecule has 1 unspecified atom stereocenters. The van der Waals surface area contributed by atoms with Crippen LogP contribution in [-0.2, 0) is 28.1 Å². The summed E-state index contributed by atoms with van der Waals surface area (Å²) in [7, 11) is 0. The molecule has 8 nitrogen and oxygen atoms in total. The number of piperidine rings is 1. The van der Waals surface area contributed by atoms with E-state index in [1.807, 2.05) is 24.3 Å². The predicted molar refractivity (Wildman–Crippen MR) is 111 cm³/mol. The molecule has 1 fully saturated rings. The number of amides is 3. The maximum absolute atomic E-state index is 12.9. The zero-order valence-electron chi connectivity index (χ0n) is 17.4. The number of fused-ring (bicyclic) bond motifs is 1. The van der Waals surface area contributed by atoms with Crippen molar-refractivity contribution in [2.45, 2.75) is 58.2 Å². The van der Waals surface area contributed by atoms with E-state index in [4.69, 9.17) is 0 Å². The Morgan fingerprint density at radius 1 is 1.20 bits per heavy atom. The Hall–Kier alpha value is -3.29. The first-order valence-electron chi connectivity index (χ1n) is 10.1. The Labute approximate surface area is 175 Å². The van der Waals surface area contributed by atoms with Crippen LogP contribution in [0.25, 0.3) is 0 Å². The van der Waals surface area contributed by atoms with E-state index in [0.29, 0.717) is 25.1 Å². The molecule has 0 bridgehead atoms. The molecular weight excluding hydrogens is 382 g/mol. The van der Waals surface area contributed by atoms with E-state index in [1.54, 1.807) is 11.1 Å². The molecular formula is C22H25N5O3. The topological polar surface area (TPSA) is 104 Å². The Morgan fingerprint density at radius 3 is 2.73 bits per heavy atom. The highest BCUT2D eigenvalue weighted by Gasteiger charge is 2.39. The summed E-state index contributed by atoms with van der Waals surface area (Å²) >= 11 is 0. The summed E-state index contributed by atoms with van der Waals surface area (Å²) < 4.78 is 0. The van der Waals surface area contributed by atoms with E-state index in [2.05, 4.69) is 41.4 Å². The average Bonchev–Trinajstić information content (AvgIpc) is 3.02. The maximum atomic E-state index is 12.9. The first kappa shape index (κ1) is 20.0. The van der Waals surface area contributed by atoms with E-state index in [1.165, 1.54) is 0 Å². The number of nitrogens with zero attached hydrogens (tertiary/aromatic N) is 3. The number of aromatic nitrogens is 2. The maximum Gasteiger partial charge on any atom is 0.255 e. The van der Waals surface area contributed by atoms with Crippen molar-refractivity contribution >= 4 is 23.5 Å². The van der Waals surface area contributed by atoms with Crippen LogP contribution in [0.5, 0.6) is 0 Å². The molecule has 8 heteroatoms. The fraction of sp³-hybridized carbons (Fsp3) is 0.409. The Kier molecular flexibility index (Phi) is 5.01.